The van der Waals surface area contributed by atoms with Crippen LogP contribution in [0.5, 0.6) is 0 Å². The van der Waals surface area contributed by atoms with E-state index in [0.717, 1.165) is 55.5 Å². The molecule has 4 rings (SSSR count). The summed E-state index contributed by atoms with van der Waals surface area (Å²) in [5.74, 6) is 0.0213. The number of hydrogen-bond acceptors (Lipinski definition) is 3. The Morgan fingerprint density at radius 2 is 1.81 bits per heavy atom. The number of rotatable bonds is 3. The van der Waals surface area contributed by atoms with Crippen molar-refractivity contribution in [3.8, 4) is 0 Å². The predicted octanol–water partition coefficient (Wildman–Crippen LogP) is 3.49. The number of aryl methyl sites for hydroxylation is 1. The number of benzene rings is 2. The third-order valence-corrected chi connectivity index (χ3v) is 6.28. The molecule has 0 aromatic heterocycles. The molecule has 0 radical (unpaired) electrons. The summed E-state index contributed by atoms with van der Waals surface area (Å²) in [6.45, 7) is 4.35. The Labute approximate surface area is 169 Å². The standard InChI is InChI=1S/C22H26BrN3O/c1-25-11-13-26(14-12-25)21-4-2-3-16-7-10-19(15-20(16)21)24-22(27)17-5-8-18(23)9-6-17/h2-6,8-9,19H,7,10-15H2,1H3,(H,24,27)/t19-/m1/s1. The number of carbonyl (C=O) groups is 1. The van der Waals surface area contributed by atoms with Crippen LogP contribution in [-0.2, 0) is 12.8 Å². The summed E-state index contributed by atoms with van der Waals surface area (Å²) in [6, 6.07) is 14.4. The van der Waals surface area contributed by atoms with Crippen LogP contribution in [0.25, 0.3) is 0 Å². The van der Waals surface area contributed by atoms with Gasteiger partial charge in [0.2, 0.25) is 0 Å². The second-order valence-electron chi connectivity index (χ2n) is 7.63. The summed E-state index contributed by atoms with van der Waals surface area (Å²) in [4.78, 5) is 17.5. The Bertz CT molecular complexity index is 813. The Kier molecular flexibility index (Phi) is 5.50. The zero-order valence-electron chi connectivity index (χ0n) is 15.7. The highest BCUT2D eigenvalue weighted by atomic mass is 79.9. The molecular formula is C22H26BrN3O. The van der Waals surface area contributed by atoms with E-state index in [-0.39, 0.29) is 11.9 Å². The molecule has 4 nitrogen and oxygen atoms in total. The van der Waals surface area contributed by atoms with E-state index < -0.39 is 0 Å². The SMILES string of the molecule is CN1CCN(c2cccc3c2C[C@H](NC(=O)c2ccc(Br)cc2)CC3)CC1. The summed E-state index contributed by atoms with van der Waals surface area (Å²) >= 11 is 3.42. The summed E-state index contributed by atoms with van der Waals surface area (Å²) < 4.78 is 0.988. The van der Waals surface area contributed by atoms with Crippen molar-refractivity contribution in [3.05, 3.63) is 63.6 Å². The van der Waals surface area contributed by atoms with Crippen molar-refractivity contribution in [2.45, 2.75) is 25.3 Å². The molecule has 1 atom stereocenters. The van der Waals surface area contributed by atoms with Crippen molar-refractivity contribution in [3.63, 3.8) is 0 Å². The van der Waals surface area contributed by atoms with Crippen LogP contribution in [0.1, 0.15) is 27.9 Å². The zero-order chi connectivity index (χ0) is 18.8. The van der Waals surface area contributed by atoms with Gasteiger partial charge in [-0.15, -0.1) is 0 Å². The highest BCUT2D eigenvalue weighted by Crippen LogP contribution is 2.31. The lowest BCUT2D eigenvalue weighted by Gasteiger charge is -2.37. The number of nitrogens with one attached hydrogen (secondary N) is 1. The molecule has 1 fully saturated rings. The van der Waals surface area contributed by atoms with Crippen molar-refractivity contribution in [1.82, 2.24) is 10.2 Å². The summed E-state index contributed by atoms with van der Waals surface area (Å²) in [6.07, 6.45) is 2.95. The largest absolute Gasteiger partial charge is 0.369 e. The molecule has 0 spiro atoms. The first-order chi connectivity index (χ1) is 13.1. The quantitative estimate of drug-likeness (QED) is 0.813. The molecule has 1 aliphatic carbocycles. The van der Waals surface area contributed by atoms with Crippen molar-refractivity contribution >= 4 is 27.5 Å². The molecule has 142 valence electrons. The van der Waals surface area contributed by atoms with Crippen LogP contribution in [0.15, 0.2) is 46.9 Å². The molecule has 1 saturated heterocycles. The monoisotopic (exact) mass is 427 g/mol. The van der Waals surface area contributed by atoms with Gasteiger partial charge in [0.15, 0.2) is 0 Å². The van der Waals surface area contributed by atoms with Crippen molar-refractivity contribution < 1.29 is 4.79 Å². The minimum Gasteiger partial charge on any atom is -0.369 e. The summed E-state index contributed by atoms with van der Waals surface area (Å²) in [5, 5.41) is 3.25. The van der Waals surface area contributed by atoms with Gasteiger partial charge in [-0.05, 0) is 67.8 Å². The highest BCUT2D eigenvalue weighted by molar-refractivity contribution is 9.10. The zero-order valence-corrected chi connectivity index (χ0v) is 17.3. The molecule has 0 bridgehead atoms. The summed E-state index contributed by atoms with van der Waals surface area (Å²) in [5.41, 5.74) is 4.95. The van der Waals surface area contributed by atoms with Gasteiger partial charge in [-0.3, -0.25) is 4.79 Å². The summed E-state index contributed by atoms with van der Waals surface area (Å²) in [7, 11) is 2.19. The Morgan fingerprint density at radius 3 is 2.56 bits per heavy atom. The number of halogens is 1. The maximum Gasteiger partial charge on any atom is 0.251 e. The van der Waals surface area contributed by atoms with E-state index in [4.69, 9.17) is 0 Å². The molecule has 2 aromatic rings. The number of anilines is 1. The van der Waals surface area contributed by atoms with Crippen LogP contribution in [0.4, 0.5) is 5.69 Å². The van der Waals surface area contributed by atoms with Gasteiger partial charge in [-0.25, -0.2) is 0 Å². The van der Waals surface area contributed by atoms with Gasteiger partial charge in [0.05, 0.1) is 0 Å². The number of nitrogens with zero attached hydrogens (tertiary/aromatic N) is 2. The van der Waals surface area contributed by atoms with E-state index in [1.54, 1.807) is 0 Å². The number of hydrogen-bond donors (Lipinski definition) is 1. The molecule has 1 amide bonds. The van der Waals surface area contributed by atoms with E-state index in [0.29, 0.717) is 0 Å². The van der Waals surface area contributed by atoms with Crippen molar-refractivity contribution in [1.29, 1.82) is 0 Å². The first-order valence-electron chi connectivity index (χ1n) is 9.71. The van der Waals surface area contributed by atoms with Gasteiger partial charge >= 0.3 is 0 Å². The van der Waals surface area contributed by atoms with Gasteiger partial charge in [-0.2, -0.15) is 0 Å². The van der Waals surface area contributed by atoms with Gasteiger partial charge < -0.3 is 15.1 Å². The van der Waals surface area contributed by atoms with Gasteiger partial charge in [0, 0.05) is 47.9 Å². The first kappa shape index (κ1) is 18.5. The van der Waals surface area contributed by atoms with Crippen LogP contribution in [0.3, 0.4) is 0 Å². The second kappa shape index (κ2) is 8.03. The Hall–Kier alpha value is -1.85. The van der Waals surface area contributed by atoms with E-state index in [9.17, 15) is 4.79 Å². The third-order valence-electron chi connectivity index (χ3n) is 5.75. The van der Waals surface area contributed by atoms with E-state index in [2.05, 4.69) is 56.3 Å². The fourth-order valence-corrected chi connectivity index (χ4v) is 4.37. The minimum absolute atomic E-state index is 0.0213. The van der Waals surface area contributed by atoms with Crippen molar-refractivity contribution in [2.24, 2.45) is 0 Å². The molecule has 2 aromatic carbocycles. The molecule has 0 unspecified atom stereocenters. The smallest absolute Gasteiger partial charge is 0.251 e. The average Bonchev–Trinajstić information content (AvgIpc) is 2.69. The molecule has 1 aliphatic heterocycles. The lowest BCUT2D eigenvalue weighted by atomic mass is 9.86. The van der Waals surface area contributed by atoms with E-state index in [1.807, 2.05) is 24.3 Å². The van der Waals surface area contributed by atoms with E-state index in [1.165, 1.54) is 16.8 Å². The topological polar surface area (TPSA) is 35.6 Å². The second-order valence-corrected chi connectivity index (χ2v) is 8.54. The maximum absolute atomic E-state index is 12.6. The Morgan fingerprint density at radius 1 is 1.07 bits per heavy atom. The number of carbonyl (C=O) groups excluding carboxylic acids is 1. The molecule has 2 aliphatic rings. The normalized spacial score (nSPS) is 20.2. The first-order valence-corrected chi connectivity index (χ1v) is 10.5. The maximum atomic E-state index is 12.6. The lowest BCUT2D eigenvalue weighted by molar-refractivity contribution is 0.0933. The molecule has 1 N–H and O–H groups in total. The van der Waals surface area contributed by atoms with Crippen LogP contribution >= 0.6 is 15.9 Å². The third kappa shape index (κ3) is 4.19. The lowest BCUT2D eigenvalue weighted by Crippen LogP contribution is -2.45. The fourth-order valence-electron chi connectivity index (χ4n) is 4.11. The van der Waals surface area contributed by atoms with Gasteiger partial charge in [0.25, 0.3) is 5.91 Å². The van der Waals surface area contributed by atoms with Crippen LogP contribution in [-0.4, -0.2) is 50.1 Å². The van der Waals surface area contributed by atoms with Crippen LogP contribution in [0.2, 0.25) is 0 Å². The number of piperazine rings is 1. The Balaban J connectivity index is 1.49. The molecule has 27 heavy (non-hydrogen) atoms. The van der Waals surface area contributed by atoms with Gasteiger partial charge in [-0.1, -0.05) is 28.1 Å². The number of likely N-dealkylation sites (N-methyl/N-ethyl adjacent to an activating group) is 1. The van der Waals surface area contributed by atoms with E-state index >= 15 is 0 Å². The highest BCUT2D eigenvalue weighted by Gasteiger charge is 2.25. The molecule has 1 heterocycles. The number of fused-ring (bicyclic) bond motifs is 1. The predicted molar refractivity (Wildman–Crippen MR) is 114 cm³/mol. The van der Waals surface area contributed by atoms with Gasteiger partial charge in [0.1, 0.15) is 0 Å². The van der Waals surface area contributed by atoms with Crippen molar-refractivity contribution in [2.75, 3.05) is 38.1 Å². The van der Waals surface area contributed by atoms with Crippen LogP contribution in [0, 0.1) is 0 Å². The fraction of sp³-hybridized carbons (Fsp3) is 0.409. The average molecular weight is 428 g/mol. The molecule has 5 heteroatoms. The minimum atomic E-state index is 0.0213. The molecular weight excluding hydrogens is 402 g/mol. The number of amides is 1. The molecule has 0 saturated carbocycles. The van der Waals surface area contributed by atoms with Crippen LogP contribution < -0.4 is 10.2 Å².